The molecular weight excluding hydrogens is 206 g/mol. The molecule has 0 bridgehead atoms. The highest BCUT2D eigenvalue weighted by Gasteiger charge is 2.11. The summed E-state index contributed by atoms with van der Waals surface area (Å²) in [5.41, 5.74) is 2.34. The molecular formula is C11H13N3S. The Morgan fingerprint density at radius 1 is 1.13 bits per heavy atom. The molecule has 1 aromatic carbocycles. The van der Waals surface area contributed by atoms with Gasteiger partial charge in [-0.2, -0.15) is 0 Å². The summed E-state index contributed by atoms with van der Waals surface area (Å²) >= 11 is 1.48. The van der Waals surface area contributed by atoms with E-state index in [1.54, 1.807) is 0 Å². The van der Waals surface area contributed by atoms with Crippen molar-refractivity contribution in [3.05, 3.63) is 18.2 Å². The number of fused-ring (bicyclic) bond motifs is 1. The van der Waals surface area contributed by atoms with Gasteiger partial charge in [0.25, 0.3) is 0 Å². The van der Waals surface area contributed by atoms with E-state index in [2.05, 4.69) is 32.7 Å². The summed E-state index contributed by atoms with van der Waals surface area (Å²) in [5, 5.41) is 4.05. The van der Waals surface area contributed by atoms with E-state index in [-0.39, 0.29) is 0 Å². The monoisotopic (exact) mass is 219 g/mol. The lowest BCUT2D eigenvalue weighted by Gasteiger charge is -2.28. The van der Waals surface area contributed by atoms with Crippen molar-refractivity contribution in [3.8, 4) is 0 Å². The predicted octanol–water partition coefficient (Wildman–Crippen LogP) is 2.68. The first-order valence-electron chi connectivity index (χ1n) is 5.40. The van der Waals surface area contributed by atoms with Crippen molar-refractivity contribution in [2.75, 3.05) is 18.0 Å². The minimum Gasteiger partial charge on any atom is -0.371 e. The smallest absolute Gasteiger partial charge is 0.106 e. The maximum absolute atomic E-state index is 4.05. The predicted molar refractivity (Wildman–Crippen MR) is 63.5 cm³/mol. The first kappa shape index (κ1) is 9.09. The van der Waals surface area contributed by atoms with Gasteiger partial charge < -0.3 is 4.90 Å². The van der Waals surface area contributed by atoms with E-state index in [1.807, 2.05) is 0 Å². The second kappa shape index (κ2) is 3.77. The van der Waals surface area contributed by atoms with Crippen LogP contribution in [0.15, 0.2) is 18.2 Å². The molecule has 0 unspecified atom stereocenters. The molecule has 1 fully saturated rings. The van der Waals surface area contributed by atoms with Gasteiger partial charge in [0.1, 0.15) is 5.52 Å². The minimum atomic E-state index is 1.01. The van der Waals surface area contributed by atoms with Gasteiger partial charge in [0, 0.05) is 18.8 Å². The summed E-state index contributed by atoms with van der Waals surface area (Å²) in [4.78, 5) is 2.46. The second-order valence-corrected chi connectivity index (χ2v) is 4.76. The molecule has 0 saturated carbocycles. The molecule has 1 aliphatic heterocycles. The summed E-state index contributed by atoms with van der Waals surface area (Å²) in [6.45, 7) is 2.38. The molecule has 1 aliphatic rings. The molecule has 0 aliphatic carbocycles. The van der Waals surface area contributed by atoms with Crippen LogP contribution in [0.2, 0.25) is 0 Å². The van der Waals surface area contributed by atoms with E-state index >= 15 is 0 Å². The average molecular weight is 219 g/mol. The van der Waals surface area contributed by atoms with E-state index < -0.39 is 0 Å². The van der Waals surface area contributed by atoms with Crippen LogP contribution in [0.1, 0.15) is 19.3 Å². The summed E-state index contributed by atoms with van der Waals surface area (Å²) in [7, 11) is 0. The Balaban J connectivity index is 1.95. The lowest BCUT2D eigenvalue weighted by atomic mass is 10.1. The van der Waals surface area contributed by atoms with E-state index in [1.165, 1.54) is 54.3 Å². The fourth-order valence-electron chi connectivity index (χ4n) is 2.12. The van der Waals surface area contributed by atoms with E-state index in [9.17, 15) is 0 Å². The molecule has 15 heavy (non-hydrogen) atoms. The molecule has 2 aromatic rings. The molecule has 3 nitrogen and oxygen atoms in total. The number of hydrogen-bond acceptors (Lipinski definition) is 4. The highest BCUT2D eigenvalue weighted by atomic mass is 32.1. The maximum Gasteiger partial charge on any atom is 0.106 e. The van der Waals surface area contributed by atoms with Gasteiger partial charge in [0.15, 0.2) is 0 Å². The third-order valence-corrected chi connectivity index (χ3v) is 3.64. The zero-order valence-corrected chi connectivity index (χ0v) is 9.33. The van der Waals surface area contributed by atoms with Gasteiger partial charge in [-0.15, -0.1) is 5.10 Å². The topological polar surface area (TPSA) is 29.0 Å². The van der Waals surface area contributed by atoms with E-state index in [4.69, 9.17) is 0 Å². The molecule has 0 N–H and O–H groups in total. The van der Waals surface area contributed by atoms with Gasteiger partial charge in [-0.3, -0.25) is 0 Å². The quantitative estimate of drug-likeness (QED) is 0.738. The molecule has 0 amide bonds. The number of nitrogens with zero attached hydrogens (tertiary/aromatic N) is 3. The number of rotatable bonds is 1. The zero-order valence-electron chi connectivity index (χ0n) is 8.52. The van der Waals surface area contributed by atoms with Crippen molar-refractivity contribution in [2.24, 2.45) is 0 Å². The first-order chi connectivity index (χ1) is 7.43. The van der Waals surface area contributed by atoms with Crippen LogP contribution >= 0.6 is 11.5 Å². The maximum atomic E-state index is 4.05. The van der Waals surface area contributed by atoms with Gasteiger partial charge in [-0.1, -0.05) is 4.49 Å². The largest absolute Gasteiger partial charge is 0.371 e. The van der Waals surface area contributed by atoms with Crippen LogP contribution in [0.3, 0.4) is 0 Å². The van der Waals surface area contributed by atoms with Crippen molar-refractivity contribution in [1.29, 1.82) is 0 Å². The number of hydrogen-bond donors (Lipinski definition) is 0. The highest BCUT2D eigenvalue weighted by Crippen LogP contribution is 2.25. The molecule has 1 aromatic heterocycles. The van der Waals surface area contributed by atoms with Crippen molar-refractivity contribution >= 4 is 27.4 Å². The van der Waals surface area contributed by atoms with Crippen LogP contribution in [-0.2, 0) is 0 Å². The van der Waals surface area contributed by atoms with Crippen molar-refractivity contribution < 1.29 is 0 Å². The summed E-state index contributed by atoms with van der Waals surface area (Å²) in [6.07, 6.45) is 4.01. The molecule has 1 saturated heterocycles. The number of aromatic nitrogens is 2. The van der Waals surface area contributed by atoms with Gasteiger partial charge in [0.2, 0.25) is 0 Å². The van der Waals surface area contributed by atoms with Gasteiger partial charge >= 0.3 is 0 Å². The molecule has 3 rings (SSSR count). The summed E-state index contributed by atoms with van der Waals surface area (Å²) < 4.78 is 5.15. The van der Waals surface area contributed by atoms with Gasteiger partial charge in [-0.25, -0.2) is 0 Å². The van der Waals surface area contributed by atoms with Crippen LogP contribution in [-0.4, -0.2) is 22.7 Å². The molecule has 0 radical (unpaired) electrons. The Hall–Kier alpha value is -1.16. The Bertz CT molecular complexity index is 460. The summed E-state index contributed by atoms with van der Waals surface area (Å²) in [6, 6.07) is 6.45. The fourth-order valence-corrected chi connectivity index (χ4v) is 2.71. The van der Waals surface area contributed by atoms with Crippen molar-refractivity contribution in [1.82, 2.24) is 9.59 Å². The lowest BCUT2D eigenvalue weighted by molar-refractivity contribution is 0.578. The van der Waals surface area contributed by atoms with E-state index in [0.717, 1.165) is 5.52 Å². The third-order valence-electron chi connectivity index (χ3n) is 2.95. The van der Waals surface area contributed by atoms with Gasteiger partial charge in [0.05, 0.1) is 4.70 Å². The Kier molecular flexibility index (Phi) is 2.29. The van der Waals surface area contributed by atoms with Crippen LogP contribution < -0.4 is 4.90 Å². The fraction of sp³-hybridized carbons (Fsp3) is 0.455. The van der Waals surface area contributed by atoms with Crippen LogP contribution in [0.5, 0.6) is 0 Å². The average Bonchev–Trinajstić information content (AvgIpc) is 2.77. The number of benzene rings is 1. The molecule has 0 spiro atoms. The molecule has 78 valence electrons. The van der Waals surface area contributed by atoms with Crippen LogP contribution in [0.4, 0.5) is 5.69 Å². The number of piperidine rings is 1. The lowest BCUT2D eigenvalue weighted by Crippen LogP contribution is -2.29. The summed E-state index contributed by atoms with van der Waals surface area (Å²) in [5.74, 6) is 0. The highest BCUT2D eigenvalue weighted by molar-refractivity contribution is 7.12. The Morgan fingerprint density at radius 3 is 2.87 bits per heavy atom. The van der Waals surface area contributed by atoms with Crippen LogP contribution in [0.25, 0.3) is 10.2 Å². The second-order valence-electron chi connectivity index (χ2n) is 3.97. The number of anilines is 1. The standard InChI is InChI=1S/C11H13N3S/c1-2-6-14(7-3-1)9-4-5-10-11(8-9)15-13-12-10/h4-5,8H,1-3,6-7H2. The minimum absolute atomic E-state index is 1.01. The third kappa shape index (κ3) is 1.69. The van der Waals surface area contributed by atoms with Crippen LogP contribution in [0, 0.1) is 0 Å². The SMILES string of the molecule is c1cc2nnsc2cc1N1CCCCC1. The molecule has 2 heterocycles. The normalized spacial score (nSPS) is 17.2. The van der Waals surface area contributed by atoms with Gasteiger partial charge in [-0.05, 0) is 49.0 Å². The Morgan fingerprint density at radius 2 is 2.00 bits per heavy atom. The van der Waals surface area contributed by atoms with Crippen molar-refractivity contribution in [2.45, 2.75) is 19.3 Å². The van der Waals surface area contributed by atoms with Crippen molar-refractivity contribution in [3.63, 3.8) is 0 Å². The first-order valence-corrected chi connectivity index (χ1v) is 6.18. The molecule has 4 heteroatoms. The Labute approximate surface area is 92.9 Å². The zero-order chi connectivity index (χ0) is 10.1. The molecule has 0 atom stereocenters. The van der Waals surface area contributed by atoms with E-state index in [0.29, 0.717) is 0 Å².